The molecule has 12 heteroatoms. The molecule has 0 amide bonds. The molecule has 0 bridgehead atoms. The van der Waals surface area contributed by atoms with Crippen LogP contribution >= 0.6 is 51.6 Å². The van der Waals surface area contributed by atoms with Gasteiger partial charge in [-0.3, -0.25) is 14.4 Å². The Morgan fingerprint density at radius 1 is 1.61 bits per heavy atom. The molecule has 0 fully saturated rings. The molecular formula is C6H6Cl3N4O3PS. The van der Waals surface area contributed by atoms with Crippen LogP contribution in [0.4, 0.5) is 5.13 Å². The highest BCUT2D eigenvalue weighted by Crippen LogP contribution is 2.55. The summed E-state index contributed by atoms with van der Waals surface area (Å²) < 4.78 is 14.9. The number of nitrogens with one attached hydrogen (secondary N) is 1. The second-order valence-electron chi connectivity index (χ2n) is 2.63. The predicted molar refractivity (Wildman–Crippen MR) is 71.9 cm³/mol. The highest BCUT2D eigenvalue weighted by atomic mass is 35.9. The molecule has 0 unspecified atom stereocenters. The molecule has 0 saturated carbocycles. The molecule has 1 heterocycles. The van der Waals surface area contributed by atoms with E-state index in [1.807, 2.05) is 0 Å². The molecule has 7 nitrogen and oxygen atoms in total. The van der Waals surface area contributed by atoms with E-state index in [0.29, 0.717) is 0 Å². The van der Waals surface area contributed by atoms with Gasteiger partial charge in [0.2, 0.25) is 16.7 Å². The zero-order chi connectivity index (χ0) is 13.8. The molecule has 100 valence electrons. The Labute approximate surface area is 121 Å². The van der Waals surface area contributed by atoms with Gasteiger partial charge in [0.1, 0.15) is 6.61 Å². The van der Waals surface area contributed by atoms with Gasteiger partial charge in [0.15, 0.2) is 0 Å². The third-order valence-corrected chi connectivity index (χ3v) is 3.27. The fourth-order valence-electron chi connectivity index (χ4n) is 0.770. The monoisotopic (exact) mass is 350 g/mol. The number of aromatic nitrogens is 2. The maximum absolute atomic E-state index is 11.1. The lowest BCUT2D eigenvalue weighted by atomic mass is 10.4. The van der Waals surface area contributed by atoms with Crippen LogP contribution in [0.3, 0.4) is 0 Å². The van der Waals surface area contributed by atoms with Crippen molar-refractivity contribution in [3.8, 4) is 0 Å². The number of oxime groups is 1. The van der Waals surface area contributed by atoms with E-state index in [0.717, 1.165) is 11.5 Å². The van der Waals surface area contributed by atoms with Crippen LogP contribution in [0.15, 0.2) is 5.16 Å². The van der Waals surface area contributed by atoms with Crippen LogP contribution in [0.5, 0.6) is 0 Å². The molecule has 0 atom stereocenters. The van der Waals surface area contributed by atoms with Crippen LogP contribution in [-0.4, -0.2) is 26.9 Å². The number of rotatable bonds is 6. The van der Waals surface area contributed by atoms with Crippen LogP contribution in [0.1, 0.15) is 12.7 Å². The van der Waals surface area contributed by atoms with Gasteiger partial charge in [-0.2, -0.15) is 9.36 Å². The molecule has 0 aliphatic carbocycles. The summed E-state index contributed by atoms with van der Waals surface area (Å²) in [5, 5.41) is 4.90. The summed E-state index contributed by atoms with van der Waals surface area (Å²) in [5.74, 6) is -3.61. The van der Waals surface area contributed by atoms with Gasteiger partial charge in [0, 0.05) is 11.5 Å². The Morgan fingerprint density at radius 3 is 2.78 bits per heavy atom. The van der Waals surface area contributed by atoms with Crippen molar-refractivity contribution >= 4 is 67.7 Å². The van der Waals surface area contributed by atoms with Crippen molar-refractivity contribution in [2.45, 2.75) is 6.92 Å². The summed E-state index contributed by atoms with van der Waals surface area (Å²) >= 11 is 16.7. The van der Waals surface area contributed by atoms with Gasteiger partial charge in [-0.25, -0.2) is 0 Å². The summed E-state index contributed by atoms with van der Waals surface area (Å²) in [6, 6.07) is 0. The molecular weight excluding hydrogens is 345 g/mol. The lowest BCUT2D eigenvalue weighted by Gasteiger charge is -2.00. The number of hydrogen-bond acceptors (Lipinski definition) is 7. The number of halogens is 3. The van der Waals surface area contributed by atoms with Gasteiger partial charge in [0.05, 0.1) is 0 Å². The SMILES string of the molecule is CCON=C(C(=O)Cl)c1nsc(NP(=O)(Cl)Cl)n1. The molecule has 0 spiro atoms. The van der Waals surface area contributed by atoms with Gasteiger partial charge >= 0.3 is 6.00 Å². The van der Waals surface area contributed by atoms with Crippen LogP contribution in [-0.2, 0) is 14.2 Å². The van der Waals surface area contributed by atoms with E-state index in [-0.39, 0.29) is 23.3 Å². The average molecular weight is 352 g/mol. The lowest BCUT2D eigenvalue weighted by Crippen LogP contribution is -2.12. The molecule has 1 rings (SSSR count). The Hall–Kier alpha value is -0.400. The maximum Gasteiger partial charge on any atom is 0.345 e. The number of nitrogens with zero attached hydrogens (tertiary/aromatic N) is 3. The highest BCUT2D eigenvalue weighted by molar-refractivity contribution is 8.09. The quantitative estimate of drug-likeness (QED) is 0.366. The second kappa shape index (κ2) is 6.68. The van der Waals surface area contributed by atoms with Crippen molar-refractivity contribution < 1.29 is 14.2 Å². The van der Waals surface area contributed by atoms with Crippen LogP contribution in [0, 0.1) is 0 Å². The summed E-state index contributed by atoms with van der Waals surface area (Å²) in [6.45, 7) is 1.93. The number of carbonyl (C=O) groups is 1. The minimum Gasteiger partial charge on any atom is -0.395 e. The van der Waals surface area contributed by atoms with E-state index in [9.17, 15) is 9.36 Å². The zero-order valence-corrected chi connectivity index (χ0v) is 12.7. The van der Waals surface area contributed by atoms with Gasteiger partial charge < -0.3 is 4.84 Å². The number of carbonyl (C=O) groups excluding carboxylic acids is 1. The van der Waals surface area contributed by atoms with E-state index in [4.69, 9.17) is 38.9 Å². The van der Waals surface area contributed by atoms with Crippen molar-refractivity contribution in [2.24, 2.45) is 5.16 Å². The number of hydrogen-bond donors (Lipinski definition) is 1. The standard InChI is InChI=1S/C6H6Cl3N4O3PS/c1-2-16-11-3(4(7)14)5-10-6(18-13-5)12-17(8,9)15/h2H2,1H3,(H,10,12,13,15). The van der Waals surface area contributed by atoms with Gasteiger partial charge in [-0.05, 0) is 41.0 Å². The molecule has 0 radical (unpaired) electrons. The Bertz CT molecular complexity index is 516. The molecule has 18 heavy (non-hydrogen) atoms. The fourth-order valence-corrected chi connectivity index (χ4v) is 2.92. The molecule has 0 aromatic carbocycles. The predicted octanol–water partition coefficient (Wildman–Crippen LogP) is 3.04. The first-order valence-electron chi connectivity index (χ1n) is 4.35. The Morgan fingerprint density at radius 2 is 2.28 bits per heavy atom. The van der Waals surface area contributed by atoms with Crippen molar-refractivity contribution in [3.63, 3.8) is 0 Å². The Balaban J connectivity index is 2.95. The second-order valence-corrected chi connectivity index (χ2v) is 8.25. The molecule has 0 saturated heterocycles. The van der Waals surface area contributed by atoms with E-state index >= 15 is 0 Å². The van der Waals surface area contributed by atoms with Gasteiger partial charge in [0.25, 0.3) is 5.24 Å². The van der Waals surface area contributed by atoms with E-state index in [2.05, 4.69) is 19.6 Å². The molecule has 1 aromatic heterocycles. The van der Waals surface area contributed by atoms with E-state index < -0.39 is 11.2 Å². The van der Waals surface area contributed by atoms with Crippen molar-refractivity contribution in [1.82, 2.24) is 9.36 Å². The van der Waals surface area contributed by atoms with Crippen molar-refractivity contribution in [2.75, 3.05) is 11.7 Å². The highest BCUT2D eigenvalue weighted by Gasteiger charge is 2.21. The molecule has 1 aromatic rings. The average Bonchev–Trinajstić information content (AvgIpc) is 2.63. The largest absolute Gasteiger partial charge is 0.395 e. The number of anilines is 1. The normalized spacial score (nSPS) is 12.3. The zero-order valence-electron chi connectivity index (χ0n) is 8.76. The minimum absolute atomic E-state index is 0.0699. The lowest BCUT2D eigenvalue weighted by molar-refractivity contribution is -0.106. The van der Waals surface area contributed by atoms with Crippen molar-refractivity contribution in [1.29, 1.82) is 0 Å². The van der Waals surface area contributed by atoms with Gasteiger partial charge in [-0.15, -0.1) is 0 Å². The van der Waals surface area contributed by atoms with E-state index in [1.54, 1.807) is 6.92 Å². The third kappa shape index (κ3) is 5.07. The summed E-state index contributed by atoms with van der Waals surface area (Å²) in [5.41, 5.74) is -0.262. The maximum atomic E-state index is 11.1. The summed E-state index contributed by atoms with van der Waals surface area (Å²) in [4.78, 5) is 19.6. The van der Waals surface area contributed by atoms with E-state index in [1.165, 1.54) is 0 Å². The first kappa shape index (κ1) is 15.7. The molecule has 0 aliphatic heterocycles. The van der Waals surface area contributed by atoms with Crippen LogP contribution < -0.4 is 5.09 Å². The van der Waals surface area contributed by atoms with Gasteiger partial charge in [-0.1, -0.05) is 5.16 Å². The first-order valence-corrected chi connectivity index (χ1v) is 9.02. The van der Waals surface area contributed by atoms with Crippen LogP contribution in [0.25, 0.3) is 0 Å². The molecule has 1 N–H and O–H groups in total. The topological polar surface area (TPSA) is 93.5 Å². The minimum atomic E-state index is -3.54. The fraction of sp³-hybridized carbons (Fsp3) is 0.333. The van der Waals surface area contributed by atoms with Crippen LogP contribution in [0.2, 0.25) is 0 Å². The smallest absolute Gasteiger partial charge is 0.345 e. The summed E-state index contributed by atoms with van der Waals surface area (Å²) in [7, 11) is 0. The first-order chi connectivity index (χ1) is 8.33. The van der Waals surface area contributed by atoms with Crippen molar-refractivity contribution in [3.05, 3.63) is 5.82 Å². The third-order valence-electron chi connectivity index (χ3n) is 1.33. The molecule has 0 aliphatic rings. The summed E-state index contributed by atoms with van der Waals surface area (Å²) in [6.07, 6.45) is 0. The Kier molecular flexibility index (Phi) is 5.81.